The highest BCUT2D eigenvalue weighted by atomic mass is 19.4. The number of carbonyl (C=O) groups is 2. The van der Waals surface area contributed by atoms with Crippen molar-refractivity contribution in [3.8, 4) is 0 Å². The number of aliphatic hydroxyl groups excluding tert-OH is 2. The zero-order valence-electron chi connectivity index (χ0n) is 11.4. The minimum absolute atomic E-state index is 0.824. The van der Waals surface area contributed by atoms with Gasteiger partial charge in [-0.05, 0) is 13.2 Å². The van der Waals surface area contributed by atoms with E-state index in [0.717, 1.165) is 0 Å². The van der Waals surface area contributed by atoms with Crippen molar-refractivity contribution >= 4 is 11.9 Å². The molecule has 0 aliphatic rings. The Balaban J connectivity index is 0. The highest BCUT2D eigenvalue weighted by molar-refractivity contribution is 5.85. The monoisotopic (exact) mass is 394 g/mol. The summed E-state index contributed by atoms with van der Waals surface area (Å²) in [5.74, 6) is -21.1. The number of carbonyl (C=O) groups excluding carboxylic acids is 1. The van der Waals surface area contributed by atoms with Crippen molar-refractivity contribution in [2.45, 2.75) is 24.1 Å². The van der Waals surface area contributed by atoms with Gasteiger partial charge in [0.05, 0.1) is 0 Å². The van der Waals surface area contributed by atoms with Crippen LogP contribution in [0.1, 0.15) is 0 Å². The Morgan fingerprint density at radius 2 is 1.04 bits per heavy atom. The third-order valence-electron chi connectivity index (χ3n) is 1.82. The topological polar surface area (TPSA) is 104 Å². The highest BCUT2D eigenvalue weighted by Crippen LogP contribution is 2.53. The minimum Gasteiger partial charge on any atom is -0.502 e. The lowest BCUT2D eigenvalue weighted by Gasteiger charge is -2.32. The molecule has 0 aromatic heterocycles. The van der Waals surface area contributed by atoms with Crippen LogP contribution >= 0.6 is 0 Å². The summed E-state index contributed by atoms with van der Waals surface area (Å²) < 4.78 is 112. The molecule has 25 heavy (non-hydrogen) atoms. The third kappa shape index (κ3) is 5.75. The second-order valence-electron chi connectivity index (χ2n) is 3.75. The molecule has 0 amide bonds. The first-order valence-electron chi connectivity index (χ1n) is 5.15. The quantitative estimate of drug-likeness (QED) is 0.287. The van der Waals surface area contributed by atoms with Gasteiger partial charge in [0.2, 0.25) is 0 Å². The van der Waals surface area contributed by atoms with Crippen LogP contribution in [0.15, 0.2) is 24.7 Å². The van der Waals surface area contributed by atoms with Gasteiger partial charge in [0.25, 0.3) is 0 Å². The molecule has 0 rings (SSSR count). The first kappa shape index (κ1) is 24.6. The molecule has 0 heterocycles. The normalized spacial score (nSPS) is 12.5. The maximum Gasteiger partial charge on any atom is 0.473 e. The van der Waals surface area contributed by atoms with Crippen molar-refractivity contribution < 1.29 is 69.2 Å². The fraction of sp³-hybridized carbons (Fsp3) is 0.400. The lowest BCUT2D eigenvalue weighted by molar-refractivity contribution is -0.435. The average Bonchev–Trinajstić information content (AvgIpc) is 2.36. The maximum absolute atomic E-state index is 12.5. The Hall–Kier alpha value is -2.61. The number of rotatable bonds is 5. The van der Waals surface area contributed by atoms with Crippen molar-refractivity contribution in [2.75, 3.05) is 0 Å². The number of aliphatic carboxylic acids is 1. The van der Waals surface area contributed by atoms with E-state index in [1.54, 1.807) is 0 Å². The van der Waals surface area contributed by atoms with E-state index in [4.69, 9.17) is 15.3 Å². The summed E-state index contributed by atoms with van der Waals surface area (Å²) in [5.41, 5.74) is 0. The second kappa shape index (κ2) is 7.52. The first-order chi connectivity index (χ1) is 10.7. The molecule has 146 valence electrons. The van der Waals surface area contributed by atoms with Crippen molar-refractivity contribution in [1.82, 2.24) is 0 Å². The Kier molecular flexibility index (Phi) is 7.41. The molecule has 0 spiro atoms. The van der Waals surface area contributed by atoms with Gasteiger partial charge in [-0.1, -0.05) is 0 Å². The van der Waals surface area contributed by atoms with E-state index >= 15 is 0 Å². The Morgan fingerprint density at radius 1 is 0.720 bits per heavy atom. The Morgan fingerprint density at radius 3 is 1.24 bits per heavy atom. The molecule has 15 heteroatoms. The van der Waals surface area contributed by atoms with Crippen LogP contribution in [0, 0.1) is 0 Å². The van der Waals surface area contributed by atoms with Gasteiger partial charge in [-0.3, -0.25) is 0 Å². The summed E-state index contributed by atoms with van der Waals surface area (Å²) in [4.78, 5) is 19.6. The largest absolute Gasteiger partial charge is 0.502 e. The van der Waals surface area contributed by atoms with Crippen LogP contribution in [0.25, 0.3) is 0 Å². The summed E-state index contributed by atoms with van der Waals surface area (Å²) in [6.45, 7) is 4.94. The molecular formula is C10H7F9O6. The molecule has 0 bridgehead atoms. The van der Waals surface area contributed by atoms with Gasteiger partial charge in [0.15, 0.2) is 11.5 Å². The highest BCUT2D eigenvalue weighted by Gasteiger charge is 2.84. The second-order valence-corrected chi connectivity index (χ2v) is 3.75. The van der Waals surface area contributed by atoms with E-state index in [9.17, 15) is 49.1 Å². The molecule has 0 aromatic carbocycles. The summed E-state index contributed by atoms with van der Waals surface area (Å²) in [7, 11) is 0. The molecule has 0 aliphatic carbocycles. The van der Waals surface area contributed by atoms with Crippen molar-refractivity contribution in [1.29, 1.82) is 0 Å². The van der Waals surface area contributed by atoms with E-state index in [0.29, 0.717) is 0 Å². The van der Waals surface area contributed by atoms with Crippen LogP contribution in [0.5, 0.6) is 0 Å². The summed E-state index contributed by atoms with van der Waals surface area (Å²) in [6, 6.07) is 0. The van der Waals surface area contributed by atoms with Crippen LogP contribution in [0.2, 0.25) is 0 Å². The lowest BCUT2D eigenvalue weighted by atomic mass is 10.1. The Bertz CT molecular complexity index is 540. The predicted octanol–water partition coefficient (Wildman–Crippen LogP) is 3.17. The Labute approximate surface area is 131 Å². The molecule has 6 nitrogen and oxygen atoms in total. The lowest BCUT2D eigenvalue weighted by Crippen LogP contribution is -2.62. The zero-order valence-corrected chi connectivity index (χ0v) is 11.4. The molecule has 3 N–H and O–H groups in total. The standard InChI is InChI=1S/C7H3F9O3.C3H4O3/c1-2(17)3(18)19-7(15,16)5(10,11)4(8,9)6(12,13)14;1-2(4)3(5)6/h17H,1H2;4H,1H2,(H,5,6). The SMILES string of the molecule is C=C(O)C(=O)O.C=C(O)C(=O)OC(F)(F)C(F)(F)C(F)(F)C(F)(F)F. The number of carboxylic acid groups (broad SMARTS) is 1. The smallest absolute Gasteiger partial charge is 0.473 e. The molecule has 0 unspecified atom stereocenters. The van der Waals surface area contributed by atoms with Gasteiger partial charge in [-0.2, -0.15) is 39.5 Å². The van der Waals surface area contributed by atoms with E-state index in [1.165, 1.54) is 0 Å². The van der Waals surface area contributed by atoms with E-state index in [-0.39, 0.29) is 0 Å². The van der Waals surface area contributed by atoms with Crippen LogP contribution in [-0.2, 0) is 14.3 Å². The van der Waals surface area contributed by atoms with Crippen LogP contribution in [0.3, 0.4) is 0 Å². The van der Waals surface area contributed by atoms with Crippen LogP contribution in [-0.4, -0.2) is 51.4 Å². The van der Waals surface area contributed by atoms with Crippen molar-refractivity contribution in [3.63, 3.8) is 0 Å². The van der Waals surface area contributed by atoms with E-state index in [2.05, 4.69) is 17.9 Å². The number of aliphatic hydroxyl groups is 2. The number of halogens is 9. The third-order valence-corrected chi connectivity index (χ3v) is 1.82. The molecule has 0 atom stereocenters. The molecule has 0 fully saturated rings. The summed E-state index contributed by atoms with van der Waals surface area (Å²) in [6.07, 6.45) is -13.6. The molecule has 0 radical (unpaired) electrons. The first-order valence-corrected chi connectivity index (χ1v) is 5.15. The number of carboxylic acids is 1. The van der Waals surface area contributed by atoms with Gasteiger partial charge >= 0.3 is 36.1 Å². The van der Waals surface area contributed by atoms with Gasteiger partial charge in [0.1, 0.15) is 0 Å². The van der Waals surface area contributed by atoms with Crippen LogP contribution in [0.4, 0.5) is 39.5 Å². The number of alkyl halides is 9. The van der Waals surface area contributed by atoms with Gasteiger partial charge in [0, 0.05) is 0 Å². The van der Waals surface area contributed by atoms with Gasteiger partial charge < -0.3 is 20.1 Å². The van der Waals surface area contributed by atoms with Crippen molar-refractivity contribution in [2.24, 2.45) is 0 Å². The minimum atomic E-state index is -7.18. The fourth-order valence-corrected chi connectivity index (χ4v) is 0.600. The fourth-order valence-electron chi connectivity index (χ4n) is 0.600. The molecule has 0 aromatic rings. The number of hydrogen-bond donors (Lipinski definition) is 3. The maximum atomic E-state index is 12.5. The predicted molar refractivity (Wildman–Crippen MR) is 58.2 cm³/mol. The zero-order chi connectivity index (χ0) is 21.0. The van der Waals surface area contributed by atoms with E-state index in [1.807, 2.05) is 0 Å². The average molecular weight is 394 g/mol. The summed E-state index contributed by atoms with van der Waals surface area (Å²) in [5, 5.41) is 23.6. The number of ether oxygens (including phenoxy) is 1. The van der Waals surface area contributed by atoms with Crippen molar-refractivity contribution in [3.05, 3.63) is 24.7 Å². The number of esters is 1. The van der Waals surface area contributed by atoms with Crippen LogP contribution < -0.4 is 0 Å². The van der Waals surface area contributed by atoms with Gasteiger partial charge in [-0.25, -0.2) is 9.59 Å². The van der Waals surface area contributed by atoms with Gasteiger partial charge in [-0.15, -0.1) is 0 Å². The van der Waals surface area contributed by atoms with E-state index < -0.39 is 47.6 Å². The molecule has 0 saturated carbocycles. The summed E-state index contributed by atoms with van der Waals surface area (Å²) >= 11 is 0. The molecule has 0 aliphatic heterocycles. The molecule has 0 saturated heterocycles. The number of hydrogen-bond acceptors (Lipinski definition) is 5. The molecular weight excluding hydrogens is 387 g/mol.